The van der Waals surface area contributed by atoms with E-state index < -0.39 is 12.1 Å². The smallest absolute Gasteiger partial charge is 0.382 e. The van der Waals surface area contributed by atoms with Gasteiger partial charge in [-0.3, -0.25) is 4.79 Å². The normalized spacial score (nSPS) is 11.0. The third kappa shape index (κ3) is 3.25. The van der Waals surface area contributed by atoms with Crippen molar-refractivity contribution >= 4 is 12.3 Å². The predicted molar refractivity (Wildman–Crippen MR) is 52.2 cm³/mol. The number of aliphatic hydroxyl groups excluding tert-OH is 1. The molecular formula is C11H8O4. The van der Waals surface area contributed by atoms with Crippen LogP contribution >= 0.6 is 0 Å². The molecule has 0 aliphatic heterocycles. The number of hydrogen-bond donors (Lipinski definition) is 2. The minimum atomic E-state index is -1.29. The van der Waals surface area contributed by atoms with E-state index in [0.29, 0.717) is 17.4 Å². The van der Waals surface area contributed by atoms with E-state index in [9.17, 15) is 14.7 Å². The van der Waals surface area contributed by atoms with E-state index in [-0.39, 0.29) is 0 Å². The topological polar surface area (TPSA) is 74.6 Å². The SMILES string of the molecule is O=Cc1ccc(C(O)C#CC(=O)O)cc1. The highest BCUT2D eigenvalue weighted by atomic mass is 16.4. The van der Waals surface area contributed by atoms with Gasteiger partial charge in [0, 0.05) is 11.5 Å². The lowest BCUT2D eigenvalue weighted by Gasteiger charge is -2.02. The Balaban J connectivity index is 2.84. The molecule has 15 heavy (non-hydrogen) atoms. The lowest BCUT2D eigenvalue weighted by Crippen LogP contribution is -1.96. The minimum Gasteiger partial charge on any atom is -0.472 e. The monoisotopic (exact) mass is 204 g/mol. The van der Waals surface area contributed by atoms with Crippen molar-refractivity contribution in [3.63, 3.8) is 0 Å². The quantitative estimate of drug-likeness (QED) is 0.547. The van der Waals surface area contributed by atoms with Gasteiger partial charge in [-0.05, 0) is 5.56 Å². The van der Waals surface area contributed by atoms with Crippen molar-refractivity contribution in [2.24, 2.45) is 0 Å². The number of benzene rings is 1. The maximum Gasteiger partial charge on any atom is 0.382 e. The molecule has 0 saturated heterocycles. The van der Waals surface area contributed by atoms with Gasteiger partial charge >= 0.3 is 5.97 Å². The Morgan fingerprint density at radius 1 is 1.33 bits per heavy atom. The van der Waals surface area contributed by atoms with Crippen LogP contribution in [0.2, 0.25) is 0 Å². The van der Waals surface area contributed by atoms with Gasteiger partial charge in [0.15, 0.2) is 0 Å². The summed E-state index contributed by atoms with van der Waals surface area (Å²) in [5, 5.41) is 17.7. The van der Waals surface area contributed by atoms with Gasteiger partial charge < -0.3 is 10.2 Å². The van der Waals surface area contributed by atoms with E-state index in [2.05, 4.69) is 5.92 Å². The molecule has 76 valence electrons. The van der Waals surface area contributed by atoms with Crippen LogP contribution in [0.4, 0.5) is 0 Å². The van der Waals surface area contributed by atoms with Crippen molar-refractivity contribution in [2.45, 2.75) is 6.10 Å². The number of aliphatic carboxylic acids is 1. The summed E-state index contributed by atoms with van der Waals surface area (Å²) in [6, 6.07) is 6.08. The number of carbonyl (C=O) groups excluding carboxylic acids is 1. The van der Waals surface area contributed by atoms with Crippen LogP contribution in [0.1, 0.15) is 22.0 Å². The first-order valence-electron chi connectivity index (χ1n) is 4.11. The third-order valence-corrected chi connectivity index (χ3v) is 1.70. The van der Waals surface area contributed by atoms with Gasteiger partial charge in [-0.25, -0.2) is 4.79 Å². The summed E-state index contributed by atoms with van der Waals surface area (Å²) < 4.78 is 0. The van der Waals surface area contributed by atoms with Crippen molar-refractivity contribution in [2.75, 3.05) is 0 Å². The fourth-order valence-corrected chi connectivity index (χ4v) is 0.970. The van der Waals surface area contributed by atoms with Crippen LogP contribution in [-0.2, 0) is 4.79 Å². The zero-order valence-electron chi connectivity index (χ0n) is 7.68. The van der Waals surface area contributed by atoms with Gasteiger partial charge in [-0.15, -0.1) is 0 Å². The third-order valence-electron chi connectivity index (χ3n) is 1.70. The zero-order chi connectivity index (χ0) is 11.3. The van der Waals surface area contributed by atoms with Gasteiger partial charge in [0.2, 0.25) is 0 Å². The Morgan fingerprint density at radius 3 is 2.40 bits per heavy atom. The van der Waals surface area contributed by atoms with Crippen LogP contribution in [0.25, 0.3) is 0 Å². The molecule has 1 aromatic rings. The molecule has 4 heteroatoms. The van der Waals surface area contributed by atoms with Crippen LogP contribution in [0.5, 0.6) is 0 Å². The molecule has 0 heterocycles. The molecule has 0 aliphatic carbocycles. The summed E-state index contributed by atoms with van der Waals surface area (Å²) in [5.74, 6) is 2.68. The highest BCUT2D eigenvalue weighted by molar-refractivity contribution is 5.86. The Labute approximate surface area is 86.2 Å². The molecule has 1 rings (SSSR count). The number of carbonyl (C=O) groups is 2. The standard InChI is InChI=1S/C11H8O4/c12-7-8-1-3-9(4-2-8)10(13)5-6-11(14)15/h1-4,7,10,13H,(H,14,15). The van der Waals surface area contributed by atoms with Gasteiger partial charge in [0.1, 0.15) is 12.4 Å². The summed E-state index contributed by atoms with van der Waals surface area (Å²) in [4.78, 5) is 20.4. The van der Waals surface area contributed by atoms with Crippen LogP contribution in [0.15, 0.2) is 24.3 Å². The first-order chi connectivity index (χ1) is 7.13. The van der Waals surface area contributed by atoms with E-state index >= 15 is 0 Å². The van der Waals surface area contributed by atoms with E-state index in [1.165, 1.54) is 24.3 Å². The van der Waals surface area contributed by atoms with Gasteiger partial charge in [0.05, 0.1) is 0 Å². The molecular weight excluding hydrogens is 196 g/mol. The van der Waals surface area contributed by atoms with E-state index in [4.69, 9.17) is 5.11 Å². The number of rotatable bonds is 2. The first-order valence-corrected chi connectivity index (χ1v) is 4.11. The molecule has 0 radical (unpaired) electrons. The highest BCUT2D eigenvalue weighted by Gasteiger charge is 2.03. The number of aldehydes is 1. The lowest BCUT2D eigenvalue weighted by molar-refractivity contribution is -0.130. The van der Waals surface area contributed by atoms with Gasteiger partial charge in [0.25, 0.3) is 0 Å². The molecule has 1 atom stereocenters. The lowest BCUT2D eigenvalue weighted by atomic mass is 10.1. The predicted octanol–water partition coefficient (Wildman–Crippen LogP) is 0.620. The Bertz CT molecular complexity index is 422. The minimum absolute atomic E-state index is 0.453. The van der Waals surface area contributed by atoms with Crippen LogP contribution < -0.4 is 0 Å². The molecule has 0 amide bonds. The molecule has 4 nitrogen and oxygen atoms in total. The summed E-state index contributed by atoms with van der Waals surface area (Å²) >= 11 is 0. The summed E-state index contributed by atoms with van der Waals surface area (Å²) in [6.45, 7) is 0. The number of hydrogen-bond acceptors (Lipinski definition) is 3. The second-order valence-corrected chi connectivity index (χ2v) is 2.76. The average molecular weight is 204 g/mol. The largest absolute Gasteiger partial charge is 0.472 e. The van der Waals surface area contributed by atoms with Crippen molar-refractivity contribution in [1.29, 1.82) is 0 Å². The summed E-state index contributed by atoms with van der Waals surface area (Å²) in [7, 11) is 0. The van der Waals surface area contributed by atoms with Crippen molar-refractivity contribution in [3.8, 4) is 11.8 Å². The van der Waals surface area contributed by atoms with E-state index in [0.717, 1.165) is 0 Å². The molecule has 1 unspecified atom stereocenters. The van der Waals surface area contributed by atoms with Crippen LogP contribution in [0, 0.1) is 11.8 Å². The first kappa shape index (κ1) is 11.0. The van der Waals surface area contributed by atoms with Gasteiger partial charge in [-0.2, -0.15) is 0 Å². The van der Waals surface area contributed by atoms with Crippen LogP contribution in [-0.4, -0.2) is 22.5 Å². The number of carboxylic acids is 1. The number of carboxylic acid groups (broad SMARTS) is 1. The Morgan fingerprint density at radius 2 is 1.93 bits per heavy atom. The van der Waals surface area contributed by atoms with Crippen molar-refractivity contribution < 1.29 is 19.8 Å². The molecule has 0 aliphatic rings. The second-order valence-electron chi connectivity index (χ2n) is 2.76. The summed E-state index contributed by atoms with van der Waals surface area (Å²) in [5.41, 5.74) is 0.937. The Kier molecular flexibility index (Phi) is 3.61. The second kappa shape index (κ2) is 4.94. The molecule has 1 aromatic carbocycles. The van der Waals surface area contributed by atoms with Crippen molar-refractivity contribution in [1.82, 2.24) is 0 Å². The maximum absolute atomic E-state index is 10.3. The van der Waals surface area contributed by atoms with E-state index in [1.807, 2.05) is 5.92 Å². The van der Waals surface area contributed by atoms with E-state index in [1.54, 1.807) is 0 Å². The maximum atomic E-state index is 10.3. The molecule has 0 fully saturated rings. The van der Waals surface area contributed by atoms with Crippen LogP contribution in [0.3, 0.4) is 0 Å². The van der Waals surface area contributed by atoms with Crippen molar-refractivity contribution in [3.05, 3.63) is 35.4 Å². The zero-order valence-corrected chi connectivity index (χ0v) is 7.68. The number of aliphatic hydroxyl groups is 1. The summed E-state index contributed by atoms with van der Waals surface area (Å²) in [6.07, 6.45) is -0.471. The fraction of sp³-hybridized carbons (Fsp3) is 0.0909. The fourth-order valence-electron chi connectivity index (χ4n) is 0.970. The molecule has 0 bridgehead atoms. The highest BCUT2D eigenvalue weighted by Crippen LogP contribution is 2.11. The molecule has 0 spiro atoms. The Hall–Kier alpha value is -2.12. The molecule has 0 saturated carbocycles. The molecule has 2 N–H and O–H groups in total. The molecule has 0 aromatic heterocycles. The average Bonchev–Trinajstić information content (AvgIpc) is 2.26. The van der Waals surface area contributed by atoms with Gasteiger partial charge in [-0.1, -0.05) is 30.2 Å².